The molecule has 4 rings (SSSR count). The van der Waals surface area contributed by atoms with Gasteiger partial charge >= 0.3 is 17.8 Å². The largest absolute Gasteiger partial charge is 0.333 e. The highest BCUT2D eigenvalue weighted by atomic mass is 19.1. The van der Waals surface area contributed by atoms with E-state index in [-0.39, 0.29) is 31.7 Å². The van der Waals surface area contributed by atoms with Gasteiger partial charge in [0.25, 0.3) is 5.56 Å². The fourth-order valence-electron chi connectivity index (χ4n) is 3.56. The second kappa shape index (κ2) is 6.70. The number of likely N-dealkylation sites (N-methyl/N-ethyl adjacent to an activating group) is 1. The molecule has 2 aliphatic heterocycles. The summed E-state index contributed by atoms with van der Waals surface area (Å²) in [6, 6.07) is 2.04. The molecule has 0 spiro atoms. The highest BCUT2D eigenvalue weighted by molar-refractivity contribution is 6.38. The van der Waals surface area contributed by atoms with Gasteiger partial charge in [0, 0.05) is 38.8 Å². The van der Waals surface area contributed by atoms with E-state index < -0.39 is 29.2 Å². The molecule has 0 saturated carbocycles. The molecule has 0 N–H and O–H groups in total. The van der Waals surface area contributed by atoms with Gasteiger partial charge in [0.1, 0.15) is 11.5 Å². The number of piperazine rings is 1. The minimum atomic E-state index is -0.862. The second-order valence-corrected chi connectivity index (χ2v) is 6.71. The Balaban J connectivity index is 1.62. The van der Waals surface area contributed by atoms with Crippen LogP contribution < -0.4 is 5.56 Å². The number of fused-ring (bicyclic) bond motifs is 2. The van der Waals surface area contributed by atoms with Crippen molar-refractivity contribution in [3.05, 3.63) is 45.8 Å². The molecule has 4 heterocycles. The molecule has 4 amide bonds. The fourth-order valence-corrected chi connectivity index (χ4v) is 3.56. The molecule has 146 valence electrons. The average Bonchev–Trinajstić information content (AvgIpc) is 2.70. The molecule has 0 radical (unpaired) electrons. The monoisotopic (exact) mass is 387 g/mol. The smallest absolute Gasteiger partial charge is 0.327 e. The molecule has 0 bridgehead atoms. The van der Waals surface area contributed by atoms with Gasteiger partial charge in [0.15, 0.2) is 0 Å². The lowest BCUT2D eigenvalue weighted by Gasteiger charge is -2.36. The Morgan fingerprint density at radius 1 is 1.14 bits per heavy atom. The molecule has 28 heavy (non-hydrogen) atoms. The van der Waals surface area contributed by atoms with Crippen LogP contribution in [0.4, 0.5) is 9.18 Å². The third-order valence-corrected chi connectivity index (χ3v) is 5.13. The Morgan fingerprint density at radius 2 is 1.93 bits per heavy atom. The van der Waals surface area contributed by atoms with Gasteiger partial charge in [-0.2, -0.15) is 0 Å². The van der Waals surface area contributed by atoms with Gasteiger partial charge in [0.05, 0.1) is 17.8 Å². The summed E-state index contributed by atoms with van der Waals surface area (Å²) in [6.45, 7) is 2.78. The highest BCUT2D eigenvalue weighted by Gasteiger charge is 2.38. The maximum Gasteiger partial charge on any atom is 0.327 e. The van der Waals surface area contributed by atoms with E-state index in [9.17, 15) is 23.6 Å². The van der Waals surface area contributed by atoms with Gasteiger partial charge in [-0.05, 0) is 19.1 Å². The van der Waals surface area contributed by atoms with Crippen molar-refractivity contribution in [3.63, 3.8) is 0 Å². The number of aromatic nitrogens is 2. The number of hydrogen-bond acceptors (Lipinski definition) is 5. The minimum absolute atomic E-state index is 0.0467. The van der Waals surface area contributed by atoms with Crippen molar-refractivity contribution in [1.29, 1.82) is 0 Å². The Hall–Kier alpha value is -3.30. The fraction of sp³-hybridized carbons (Fsp3) is 0.389. The lowest BCUT2D eigenvalue weighted by molar-refractivity contribution is -0.153. The van der Waals surface area contributed by atoms with Crippen LogP contribution in [-0.2, 0) is 22.6 Å². The molecule has 0 aliphatic carbocycles. The zero-order valence-electron chi connectivity index (χ0n) is 15.2. The van der Waals surface area contributed by atoms with Crippen molar-refractivity contribution in [2.45, 2.75) is 19.9 Å². The van der Waals surface area contributed by atoms with Gasteiger partial charge in [-0.15, -0.1) is 0 Å². The maximum atomic E-state index is 13.5. The third-order valence-electron chi connectivity index (χ3n) is 5.13. The average molecular weight is 387 g/mol. The zero-order valence-corrected chi connectivity index (χ0v) is 15.2. The zero-order chi connectivity index (χ0) is 20.0. The van der Waals surface area contributed by atoms with Crippen molar-refractivity contribution in [1.82, 2.24) is 24.1 Å². The number of halogens is 1. The topological polar surface area (TPSA) is 95.3 Å². The van der Waals surface area contributed by atoms with Crippen LogP contribution in [0.15, 0.2) is 23.1 Å². The first-order valence-electron chi connectivity index (χ1n) is 9.00. The molecular weight excluding hydrogens is 369 g/mol. The number of urea groups is 1. The van der Waals surface area contributed by atoms with Crippen LogP contribution in [0.3, 0.4) is 0 Å². The highest BCUT2D eigenvalue weighted by Crippen LogP contribution is 2.18. The van der Waals surface area contributed by atoms with Gasteiger partial charge in [-0.1, -0.05) is 0 Å². The molecule has 0 aromatic carbocycles. The van der Waals surface area contributed by atoms with Crippen molar-refractivity contribution in [3.8, 4) is 0 Å². The van der Waals surface area contributed by atoms with Crippen molar-refractivity contribution in [2.75, 3.05) is 26.2 Å². The van der Waals surface area contributed by atoms with E-state index in [2.05, 4.69) is 4.98 Å². The van der Waals surface area contributed by atoms with Crippen LogP contribution >= 0.6 is 0 Å². The Morgan fingerprint density at radius 3 is 2.68 bits per heavy atom. The first kappa shape index (κ1) is 18.1. The molecule has 10 heteroatoms. The molecule has 0 atom stereocenters. The van der Waals surface area contributed by atoms with Crippen LogP contribution in [0.1, 0.15) is 18.2 Å². The van der Waals surface area contributed by atoms with E-state index in [0.717, 1.165) is 15.5 Å². The van der Waals surface area contributed by atoms with Crippen LogP contribution in [0.25, 0.3) is 5.65 Å². The number of imide groups is 1. The first-order valence-corrected chi connectivity index (χ1v) is 9.00. The lowest BCUT2D eigenvalue weighted by Crippen LogP contribution is -2.59. The Bertz CT molecular complexity index is 1070. The molecular formula is C18H18FN5O4. The van der Waals surface area contributed by atoms with Crippen LogP contribution in [-0.4, -0.2) is 68.1 Å². The molecule has 1 fully saturated rings. The van der Waals surface area contributed by atoms with E-state index in [4.69, 9.17) is 0 Å². The normalized spacial score (nSPS) is 17.3. The number of nitrogens with zero attached hydrogens (tertiary/aromatic N) is 5. The summed E-state index contributed by atoms with van der Waals surface area (Å²) in [6.07, 6.45) is 1.39. The number of carbonyl (C=O) groups is 3. The molecule has 2 aliphatic rings. The van der Waals surface area contributed by atoms with E-state index in [0.29, 0.717) is 24.3 Å². The Labute approximate surface area is 159 Å². The third kappa shape index (κ3) is 2.81. The van der Waals surface area contributed by atoms with Gasteiger partial charge < -0.3 is 9.80 Å². The van der Waals surface area contributed by atoms with Crippen LogP contribution in [0.2, 0.25) is 0 Å². The molecule has 9 nitrogen and oxygen atoms in total. The summed E-state index contributed by atoms with van der Waals surface area (Å²) >= 11 is 0. The van der Waals surface area contributed by atoms with Crippen LogP contribution in [0, 0.1) is 5.82 Å². The van der Waals surface area contributed by atoms with Crippen LogP contribution in [0.5, 0.6) is 0 Å². The van der Waals surface area contributed by atoms with Gasteiger partial charge in [-0.3, -0.25) is 23.7 Å². The summed E-state index contributed by atoms with van der Waals surface area (Å²) in [5.41, 5.74) is 0.726. The lowest BCUT2D eigenvalue weighted by atomic mass is 10.1. The summed E-state index contributed by atoms with van der Waals surface area (Å²) in [4.78, 5) is 57.9. The van der Waals surface area contributed by atoms with Crippen molar-refractivity contribution in [2.24, 2.45) is 0 Å². The predicted molar refractivity (Wildman–Crippen MR) is 94.9 cm³/mol. The first-order chi connectivity index (χ1) is 13.4. The number of amides is 4. The maximum absolute atomic E-state index is 13.5. The summed E-state index contributed by atoms with van der Waals surface area (Å²) in [5.74, 6) is -2.14. The number of hydrogen-bond donors (Lipinski definition) is 0. The van der Waals surface area contributed by atoms with E-state index >= 15 is 0 Å². The SMILES string of the molecule is CCN1CCN(C(=O)N2CCc3nc4ccc(F)cn4c(=O)c3C2)C(=O)C1=O. The number of pyridine rings is 1. The molecule has 2 aromatic rings. The summed E-state index contributed by atoms with van der Waals surface area (Å²) in [5, 5.41) is 0. The summed E-state index contributed by atoms with van der Waals surface area (Å²) < 4.78 is 14.6. The molecule has 0 unspecified atom stereocenters. The van der Waals surface area contributed by atoms with E-state index in [1.807, 2.05) is 0 Å². The second-order valence-electron chi connectivity index (χ2n) is 6.71. The molecule has 2 aromatic heterocycles. The standard InChI is InChI=1S/C18H18FN5O4/c1-2-21-7-8-23(17(27)16(21)26)18(28)22-6-5-13-12(10-22)15(25)24-9-11(19)3-4-14(24)20-13/h3-4,9H,2,5-8,10H2,1H3. The predicted octanol–water partition coefficient (Wildman–Crippen LogP) is 0.00240. The van der Waals surface area contributed by atoms with Crippen molar-refractivity contribution >= 4 is 23.5 Å². The van der Waals surface area contributed by atoms with E-state index in [1.165, 1.54) is 21.9 Å². The quantitative estimate of drug-likeness (QED) is 0.642. The van der Waals surface area contributed by atoms with Gasteiger partial charge in [0.2, 0.25) is 0 Å². The van der Waals surface area contributed by atoms with Crippen molar-refractivity contribution < 1.29 is 18.8 Å². The Kier molecular flexibility index (Phi) is 4.33. The van der Waals surface area contributed by atoms with Gasteiger partial charge in [-0.25, -0.2) is 14.2 Å². The minimum Gasteiger partial charge on any atom is -0.333 e. The van der Waals surface area contributed by atoms with E-state index in [1.54, 1.807) is 6.92 Å². The number of rotatable bonds is 1. The number of carbonyl (C=O) groups excluding carboxylic acids is 3. The summed E-state index contributed by atoms with van der Waals surface area (Å²) in [7, 11) is 0. The molecule has 1 saturated heterocycles.